The molecule has 2 aromatic heterocycles. The molecule has 0 fully saturated rings. The quantitative estimate of drug-likeness (QED) is 0.722. The number of carbonyl (C=O) groups excluding carboxylic acids is 1. The average Bonchev–Trinajstić information content (AvgIpc) is 3.08. The molecule has 1 aromatic carbocycles. The van der Waals surface area contributed by atoms with Gasteiger partial charge in [-0.25, -0.2) is 0 Å². The molecule has 3 rings (SSSR count). The highest BCUT2D eigenvalue weighted by Crippen LogP contribution is 2.18. The molecule has 0 bridgehead atoms. The zero-order chi connectivity index (χ0) is 17.5. The molecule has 0 saturated carbocycles. The van der Waals surface area contributed by atoms with Crippen LogP contribution in [0.1, 0.15) is 24.0 Å². The zero-order valence-electron chi connectivity index (χ0n) is 14.4. The molecule has 3 aromatic rings. The molecule has 1 amide bonds. The van der Waals surface area contributed by atoms with E-state index in [4.69, 9.17) is 0 Å². The van der Waals surface area contributed by atoms with Crippen LogP contribution in [0.15, 0.2) is 61.2 Å². The van der Waals surface area contributed by atoms with E-state index < -0.39 is 0 Å². The number of nitrogens with zero attached hydrogens (tertiary/aromatic N) is 3. The summed E-state index contributed by atoms with van der Waals surface area (Å²) in [5, 5.41) is 7.14. The predicted octanol–water partition coefficient (Wildman–Crippen LogP) is 3.12. The maximum Gasteiger partial charge on any atom is 0.220 e. The van der Waals surface area contributed by atoms with Crippen LogP contribution < -0.4 is 5.32 Å². The summed E-state index contributed by atoms with van der Waals surface area (Å²) in [5.41, 5.74) is 4.27. The van der Waals surface area contributed by atoms with Crippen LogP contribution in [0, 0.1) is 0 Å². The van der Waals surface area contributed by atoms with Gasteiger partial charge in [0.15, 0.2) is 0 Å². The van der Waals surface area contributed by atoms with Crippen molar-refractivity contribution in [3.63, 3.8) is 0 Å². The zero-order valence-corrected chi connectivity index (χ0v) is 14.4. The molecule has 0 atom stereocenters. The van der Waals surface area contributed by atoms with Gasteiger partial charge >= 0.3 is 0 Å². The third kappa shape index (κ3) is 5.01. The fourth-order valence-corrected chi connectivity index (χ4v) is 2.70. The minimum atomic E-state index is 0.0720. The lowest BCUT2D eigenvalue weighted by atomic mass is 10.1. The van der Waals surface area contributed by atoms with E-state index in [0.717, 1.165) is 29.5 Å². The number of rotatable bonds is 7. The minimum Gasteiger partial charge on any atom is -0.352 e. The number of amides is 1. The first-order valence-corrected chi connectivity index (χ1v) is 8.44. The van der Waals surface area contributed by atoms with E-state index in [1.165, 1.54) is 5.56 Å². The van der Waals surface area contributed by atoms with E-state index in [1.807, 2.05) is 49.9 Å². The van der Waals surface area contributed by atoms with Gasteiger partial charge in [-0.3, -0.25) is 14.5 Å². The topological polar surface area (TPSA) is 59.8 Å². The highest BCUT2D eigenvalue weighted by molar-refractivity contribution is 5.75. The van der Waals surface area contributed by atoms with E-state index in [0.29, 0.717) is 13.0 Å². The largest absolute Gasteiger partial charge is 0.352 e. The van der Waals surface area contributed by atoms with Crippen LogP contribution in [0.3, 0.4) is 0 Å². The van der Waals surface area contributed by atoms with E-state index in [9.17, 15) is 4.79 Å². The molecule has 1 N–H and O–H groups in total. The second kappa shape index (κ2) is 8.24. The third-order valence-electron chi connectivity index (χ3n) is 4.03. The SMILES string of the molecule is Cn1cc(-c2cncc(CNC(=O)CCCc3ccccc3)c2)cn1. The van der Waals surface area contributed by atoms with Crippen molar-refractivity contribution < 1.29 is 4.79 Å². The number of aryl methyl sites for hydroxylation is 2. The van der Waals surface area contributed by atoms with Gasteiger partial charge in [-0.1, -0.05) is 30.3 Å². The van der Waals surface area contributed by atoms with Crippen molar-refractivity contribution >= 4 is 5.91 Å². The van der Waals surface area contributed by atoms with Crippen molar-refractivity contribution in [2.24, 2.45) is 7.05 Å². The molecule has 0 saturated heterocycles. The fourth-order valence-electron chi connectivity index (χ4n) is 2.70. The number of benzene rings is 1. The first kappa shape index (κ1) is 16.9. The van der Waals surface area contributed by atoms with Crippen molar-refractivity contribution in [1.82, 2.24) is 20.1 Å². The Labute approximate surface area is 147 Å². The Morgan fingerprint density at radius 1 is 1.08 bits per heavy atom. The maximum absolute atomic E-state index is 12.0. The molecule has 5 heteroatoms. The Bertz CT molecular complexity index is 826. The number of pyridine rings is 1. The first-order valence-electron chi connectivity index (χ1n) is 8.44. The van der Waals surface area contributed by atoms with Crippen LogP contribution in [0.5, 0.6) is 0 Å². The number of nitrogens with one attached hydrogen (secondary N) is 1. The van der Waals surface area contributed by atoms with Crippen molar-refractivity contribution in [2.45, 2.75) is 25.8 Å². The van der Waals surface area contributed by atoms with E-state index in [-0.39, 0.29) is 5.91 Å². The van der Waals surface area contributed by atoms with Gasteiger partial charge in [0.05, 0.1) is 6.20 Å². The summed E-state index contributed by atoms with van der Waals surface area (Å²) in [6, 6.07) is 12.3. The third-order valence-corrected chi connectivity index (χ3v) is 4.03. The van der Waals surface area contributed by atoms with Gasteiger partial charge in [-0.15, -0.1) is 0 Å². The summed E-state index contributed by atoms with van der Waals surface area (Å²) in [5.74, 6) is 0.0720. The molecule has 25 heavy (non-hydrogen) atoms. The monoisotopic (exact) mass is 334 g/mol. The summed E-state index contributed by atoms with van der Waals surface area (Å²) in [4.78, 5) is 16.3. The Morgan fingerprint density at radius 3 is 2.68 bits per heavy atom. The standard InChI is InChI=1S/C20H22N4O/c1-24-15-19(14-23-24)18-10-17(11-21-13-18)12-22-20(25)9-5-8-16-6-3-2-4-7-16/h2-4,6-7,10-11,13-15H,5,8-9,12H2,1H3,(H,22,25). The van der Waals surface area contributed by atoms with Crippen LogP contribution >= 0.6 is 0 Å². The van der Waals surface area contributed by atoms with Gasteiger partial charge in [-0.05, 0) is 30.0 Å². The first-order chi connectivity index (χ1) is 12.2. The molecule has 5 nitrogen and oxygen atoms in total. The maximum atomic E-state index is 12.0. The Kier molecular flexibility index (Phi) is 5.57. The van der Waals surface area contributed by atoms with Gasteiger partial charge in [-0.2, -0.15) is 5.10 Å². The summed E-state index contributed by atoms with van der Waals surface area (Å²) in [6.45, 7) is 0.491. The molecule has 0 aliphatic heterocycles. The van der Waals surface area contributed by atoms with Crippen LogP contribution in [-0.2, 0) is 24.8 Å². The van der Waals surface area contributed by atoms with Crippen molar-refractivity contribution in [3.8, 4) is 11.1 Å². The van der Waals surface area contributed by atoms with Gasteiger partial charge in [0.1, 0.15) is 0 Å². The van der Waals surface area contributed by atoms with Crippen LogP contribution in [-0.4, -0.2) is 20.7 Å². The van der Waals surface area contributed by atoms with Gasteiger partial charge in [0.25, 0.3) is 0 Å². The van der Waals surface area contributed by atoms with Crippen LogP contribution in [0.25, 0.3) is 11.1 Å². The van der Waals surface area contributed by atoms with Crippen LogP contribution in [0.4, 0.5) is 0 Å². The Morgan fingerprint density at radius 2 is 1.92 bits per heavy atom. The lowest BCUT2D eigenvalue weighted by molar-refractivity contribution is -0.121. The molecular formula is C20H22N4O. The molecule has 2 heterocycles. The van der Waals surface area contributed by atoms with Gasteiger partial charge in [0.2, 0.25) is 5.91 Å². The Balaban J connectivity index is 1.47. The lowest BCUT2D eigenvalue weighted by Gasteiger charge is -2.06. The molecule has 128 valence electrons. The number of hydrogen-bond donors (Lipinski definition) is 1. The van der Waals surface area contributed by atoms with E-state index >= 15 is 0 Å². The second-order valence-corrected chi connectivity index (χ2v) is 6.10. The molecule has 0 aliphatic carbocycles. The summed E-state index contributed by atoms with van der Waals surface area (Å²) >= 11 is 0. The van der Waals surface area contributed by atoms with Gasteiger partial charge < -0.3 is 5.32 Å². The molecule has 0 spiro atoms. The molecular weight excluding hydrogens is 312 g/mol. The number of aromatic nitrogens is 3. The highest BCUT2D eigenvalue weighted by Gasteiger charge is 2.05. The predicted molar refractivity (Wildman–Crippen MR) is 97.7 cm³/mol. The Hall–Kier alpha value is -2.95. The number of carbonyl (C=O) groups is 1. The second-order valence-electron chi connectivity index (χ2n) is 6.10. The van der Waals surface area contributed by atoms with Crippen LogP contribution in [0.2, 0.25) is 0 Å². The summed E-state index contributed by atoms with van der Waals surface area (Å²) in [6.07, 6.45) is 9.65. The van der Waals surface area contributed by atoms with Crippen molar-refractivity contribution in [3.05, 3.63) is 72.3 Å². The molecule has 0 unspecified atom stereocenters. The van der Waals surface area contributed by atoms with Crippen molar-refractivity contribution in [2.75, 3.05) is 0 Å². The lowest BCUT2D eigenvalue weighted by Crippen LogP contribution is -2.22. The number of hydrogen-bond acceptors (Lipinski definition) is 3. The normalized spacial score (nSPS) is 10.6. The van der Waals surface area contributed by atoms with Gasteiger partial charge in [0, 0.05) is 49.7 Å². The average molecular weight is 334 g/mol. The van der Waals surface area contributed by atoms with E-state index in [1.54, 1.807) is 10.9 Å². The summed E-state index contributed by atoms with van der Waals surface area (Å²) in [7, 11) is 1.89. The van der Waals surface area contributed by atoms with E-state index in [2.05, 4.69) is 27.5 Å². The smallest absolute Gasteiger partial charge is 0.220 e. The minimum absolute atomic E-state index is 0.0720. The highest BCUT2D eigenvalue weighted by atomic mass is 16.1. The fraction of sp³-hybridized carbons (Fsp3) is 0.250. The molecule has 0 radical (unpaired) electrons. The summed E-state index contributed by atoms with van der Waals surface area (Å²) < 4.78 is 1.76. The molecule has 0 aliphatic rings. The van der Waals surface area contributed by atoms with Crippen molar-refractivity contribution in [1.29, 1.82) is 0 Å².